The minimum atomic E-state index is -4.58. The van der Waals surface area contributed by atoms with Gasteiger partial charge in [-0.3, -0.25) is 34.7 Å². The van der Waals surface area contributed by atoms with Crippen LogP contribution in [-0.2, 0) is 48.1 Å². The molecule has 2 aromatic carbocycles. The second kappa shape index (κ2) is 21.4. The van der Waals surface area contributed by atoms with Crippen LogP contribution in [0.15, 0.2) is 60.8 Å². The summed E-state index contributed by atoms with van der Waals surface area (Å²) in [6.07, 6.45) is -2.79. The number of esters is 1. The van der Waals surface area contributed by atoms with E-state index >= 15 is 0 Å². The molecule has 2 aromatic heterocycles. The van der Waals surface area contributed by atoms with Crippen LogP contribution in [0.4, 0.5) is 18.0 Å². The normalized spacial score (nSPS) is 18.9. The molecule has 4 amide bonds. The molecule has 15 nitrogen and oxygen atoms in total. The molecule has 0 spiro atoms. The van der Waals surface area contributed by atoms with Crippen LogP contribution in [0.1, 0.15) is 84.2 Å². The number of nitrogens with one attached hydrogen (secondary N) is 2. The van der Waals surface area contributed by atoms with Crippen LogP contribution in [0, 0.1) is 29.1 Å². The van der Waals surface area contributed by atoms with Crippen LogP contribution in [0.3, 0.4) is 0 Å². The number of ether oxygens (including phenoxy) is 3. The summed E-state index contributed by atoms with van der Waals surface area (Å²) in [7, 11) is 5.31. The molecule has 5 heterocycles. The summed E-state index contributed by atoms with van der Waals surface area (Å²) in [5.41, 5.74) is 9.05. The third-order valence-corrected chi connectivity index (χ3v) is 13.8. The van der Waals surface area contributed by atoms with Crippen molar-refractivity contribution in [2.75, 3.05) is 54.1 Å². The van der Waals surface area contributed by atoms with Crippen LogP contribution >= 0.6 is 0 Å². The van der Waals surface area contributed by atoms with Crippen LogP contribution in [0.5, 0.6) is 0 Å². The van der Waals surface area contributed by atoms with Crippen molar-refractivity contribution in [3.05, 3.63) is 77.6 Å². The molecule has 7 rings (SSSR count). The summed E-state index contributed by atoms with van der Waals surface area (Å²) in [5.74, 6) is 3.51. The molecule has 3 atom stereocenters. The van der Waals surface area contributed by atoms with Crippen LogP contribution < -0.4 is 10.9 Å². The van der Waals surface area contributed by atoms with Crippen molar-refractivity contribution >= 4 is 34.7 Å². The first-order valence-corrected chi connectivity index (χ1v) is 24.2. The standard InChI is InChI=1S/C53H67F3N8O7/c1-33(2)42(30-70-38-28-61(29-38)45(65)20-21-52(6,7)60(8)9)48(66)59-64-27-35-14-11-15-36(24-35)37-18-19-44-40(25-37)41(26-51(4,5)32-71-49(67)43-17-13-23-63(58-43)50(64)68)47(62(44)31-53(54,55)56)39-16-12-22-57-46(39)34(3)69-10/h11-12,14-16,18-19,22,24-25,33-34,38,42-43,58H,13,17,23,26-32H2,1-10H3,(H,59,66)/t34-,42-,43-/m0/s1. The highest BCUT2D eigenvalue weighted by Crippen LogP contribution is 2.43. The molecule has 2 saturated heterocycles. The third kappa shape index (κ3) is 12.4. The molecule has 18 heteroatoms. The molecule has 382 valence electrons. The highest BCUT2D eigenvalue weighted by atomic mass is 19.4. The Morgan fingerprint density at radius 2 is 1.77 bits per heavy atom. The van der Waals surface area contributed by atoms with Crippen molar-refractivity contribution in [3.63, 3.8) is 0 Å². The smallest absolute Gasteiger partial charge is 0.406 e. The number of fused-ring (bicyclic) bond motifs is 6. The van der Waals surface area contributed by atoms with Crippen molar-refractivity contribution in [1.82, 2.24) is 40.2 Å². The second-order valence-electron chi connectivity index (χ2n) is 20.8. The first kappa shape index (κ1) is 52.8. The molecule has 0 aliphatic carbocycles. The van der Waals surface area contributed by atoms with Gasteiger partial charge in [-0.25, -0.2) is 15.2 Å². The zero-order valence-electron chi connectivity index (χ0n) is 42.4. The third-order valence-electron chi connectivity index (χ3n) is 13.8. The van der Waals surface area contributed by atoms with Gasteiger partial charge in [-0.2, -0.15) is 13.2 Å². The van der Waals surface area contributed by atoms with Crippen molar-refractivity contribution in [1.29, 1.82) is 0 Å². The average molecular weight is 985 g/mol. The molecule has 4 aromatic rings. The van der Waals surface area contributed by atoms with Crippen molar-refractivity contribution in [3.8, 4) is 34.2 Å². The predicted octanol–water partition coefficient (Wildman–Crippen LogP) is 7.53. The monoisotopic (exact) mass is 985 g/mol. The number of urea groups is 1. The summed E-state index contributed by atoms with van der Waals surface area (Å²) >= 11 is 0. The number of nitrogens with zero attached hydrogens (tertiary/aromatic N) is 6. The maximum absolute atomic E-state index is 14.7. The van der Waals surface area contributed by atoms with Gasteiger partial charge in [-0.05, 0) is 119 Å². The van der Waals surface area contributed by atoms with Crippen molar-refractivity contribution in [2.24, 2.45) is 17.3 Å². The van der Waals surface area contributed by atoms with Gasteiger partial charge in [-0.15, -0.1) is 0 Å². The molecule has 2 N–H and O–H groups in total. The van der Waals surface area contributed by atoms with Gasteiger partial charge in [0.05, 0.1) is 54.8 Å². The number of rotatable bonds is 11. The van der Waals surface area contributed by atoms with E-state index in [1.54, 1.807) is 42.3 Å². The molecule has 6 bridgehead atoms. The largest absolute Gasteiger partial charge is 0.464 e. The SMILES string of the molecule is CO[C@@H](C)c1ncccc1-c1c2c3cc(ccc3n1CC(F)(F)F)-c1cccc(c1)CN(NC(=O)[C@@H](COC1CN(C(=O)C#CC(C)(C)N(C)C)C1)C(C)C)C(=O)N1CCC[C@H](N1)C(=O)OCC(C)(C)C2. The number of cyclic esters (lactones) is 1. The van der Waals surface area contributed by atoms with E-state index in [-0.39, 0.29) is 50.7 Å². The highest BCUT2D eigenvalue weighted by molar-refractivity contribution is 5.96. The number of amides is 4. The van der Waals surface area contributed by atoms with Gasteiger partial charge in [0.25, 0.3) is 5.91 Å². The molecule has 2 fully saturated rings. The number of benzene rings is 2. The van der Waals surface area contributed by atoms with Gasteiger partial charge in [0.15, 0.2) is 0 Å². The Hall–Kier alpha value is -6.00. The quantitative estimate of drug-likeness (QED) is 0.114. The lowest BCUT2D eigenvalue weighted by molar-refractivity contribution is -0.152. The minimum Gasteiger partial charge on any atom is -0.464 e. The number of pyridine rings is 1. The molecule has 0 saturated carbocycles. The lowest BCUT2D eigenvalue weighted by atomic mass is 9.84. The topological polar surface area (TPSA) is 151 Å². The Labute approximate surface area is 414 Å². The van der Waals surface area contributed by atoms with Gasteiger partial charge in [0.2, 0.25) is 5.91 Å². The summed E-state index contributed by atoms with van der Waals surface area (Å²) in [6, 6.07) is 14.7. The number of hydrogen-bond acceptors (Lipinski definition) is 10. The summed E-state index contributed by atoms with van der Waals surface area (Å²) in [6.45, 7) is 12.7. The zero-order chi connectivity index (χ0) is 51.6. The molecular formula is C53H67F3N8O7. The number of aromatic nitrogens is 2. The number of hydrazine groups is 2. The van der Waals surface area contributed by atoms with E-state index in [2.05, 4.69) is 27.7 Å². The van der Waals surface area contributed by atoms with Gasteiger partial charge >= 0.3 is 18.2 Å². The minimum absolute atomic E-state index is 0.0314. The van der Waals surface area contributed by atoms with E-state index in [0.29, 0.717) is 70.5 Å². The van der Waals surface area contributed by atoms with Crippen molar-refractivity contribution in [2.45, 2.75) is 111 Å². The van der Waals surface area contributed by atoms with Gasteiger partial charge < -0.3 is 23.7 Å². The summed E-state index contributed by atoms with van der Waals surface area (Å²) < 4.78 is 63.2. The Bertz CT molecular complexity index is 2680. The summed E-state index contributed by atoms with van der Waals surface area (Å²) in [5, 5.41) is 3.13. The van der Waals surface area contributed by atoms with Crippen molar-refractivity contribution < 1.29 is 46.6 Å². The number of halogens is 3. The molecule has 71 heavy (non-hydrogen) atoms. The second-order valence-corrected chi connectivity index (χ2v) is 20.8. The zero-order valence-corrected chi connectivity index (χ0v) is 42.4. The number of carbonyl (C=O) groups excluding carboxylic acids is 4. The van der Waals surface area contributed by atoms with E-state index < -0.39 is 59.6 Å². The van der Waals surface area contributed by atoms with Gasteiger partial charge in [0.1, 0.15) is 12.6 Å². The van der Waals surface area contributed by atoms with Gasteiger partial charge in [0, 0.05) is 54.8 Å². The Morgan fingerprint density at radius 3 is 2.46 bits per heavy atom. The lowest BCUT2D eigenvalue weighted by Crippen LogP contribution is -2.62. The highest BCUT2D eigenvalue weighted by Gasteiger charge is 2.38. The average Bonchev–Trinajstić information content (AvgIpc) is 3.58. The number of hydrogen-bond donors (Lipinski definition) is 2. The maximum Gasteiger partial charge on any atom is 0.406 e. The van der Waals surface area contributed by atoms with E-state index in [1.165, 1.54) is 21.7 Å². The molecule has 0 unspecified atom stereocenters. The Morgan fingerprint density at radius 1 is 1.04 bits per heavy atom. The van der Waals surface area contributed by atoms with Crippen LogP contribution in [0.2, 0.25) is 0 Å². The molecule has 0 radical (unpaired) electrons. The van der Waals surface area contributed by atoms with E-state index in [1.807, 2.05) is 90.9 Å². The first-order valence-electron chi connectivity index (χ1n) is 24.2. The van der Waals surface area contributed by atoms with Gasteiger partial charge in [-0.1, -0.05) is 57.9 Å². The first-order chi connectivity index (χ1) is 33.4. The fourth-order valence-corrected chi connectivity index (χ4v) is 8.94. The number of alkyl halides is 3. The number of methoxy groups -OCH3 is 1. The van der Waals surface area contributed by atoms with Crippen LogP contribution in [0.25, 0.3) is 33.3 Å². The van der Waals surface area contributed by atoms with E-state index in [0.717, 1.165) is 5.56 Å². The Balaban J connectivity index is 1.23. The molecule has 3 aliphatic heterocycles. The number of carbonyl (C=O) groups is 4. The van der Waals surface area contributed by atoms with Crippen LogP contribution in [-0.4, -0.2) is 131 Å². The fourth-order valence-electron chi connectivity index (χ4n) is 8.94. The van der Waals surface area contributed by atoms with E-state index in [4.69, 9.17) is 14.2 Å². The van der Waals surface area contributed by atoms with E-state index in [9.17, 15) is 32.3 Å². The fraction of sp³-hybridized carbons (Fsp3) is 0.528. The Kier molecular flexibility index (Phi) is 15.9. The lowest BCUT2D eigenvalue weighted by Gasteiger charge is -2.39. The molecule has 3 aliphatic rings. The summed E-state index contributed by atoms with van der Waals surface area (Å²) in [4.78, 5) is 63.7. The maximum atomic E-state index is 14.7. The molecular weight excluding hydrogens is 918 g/mol. The number of likely N-dealkylation sites (tertiary alicyclic amines) is 1. The predicted molar refractivity (Wildman–Crippen MR) is 263 cm³/mol.